The van der Waals surface area contributed by atoms with Crippen molar-refractivity contribution >= 4 is 50.9 Å². The monoisotopic (exact) mass is 600 g/mol. The maximum absolute atomic E-state index is 14.1. The number of hydrogen-bond donors (Lipinski definition) is 0. The molecule has 0 bridgehead atoms. The first-order valence-corrected chi connectivity index (χ1v) is 12.4. The Hall–Kier alpha value is -2.89. The van der Waals surface area contributed by atoms with Crippen LogP contribution in [0, 0.1) is 0 Å². The second-order valence-corrected chi connectivity index (χ2v) is 9.81. The van der Waals surface area contributed by atoms with Crippen molar-refractivity contribution in [3.8, 4) is 5.75 Å². The molecule has 0 fully saturated rings. The van der Waals surface area contributed by atoms with Crippen LogP contribution in [0.15, 0.2) is 68.0 Å². The van der Waals surface area contributed by atoms with E-state index >= 15 is 0 Å². The van der Waals surface area contributed by atoms with Crippen LogP contribution in [0.4, 0.5) is 13.2 Å². The number of esters is 1. The zero-order valence-electron chi connectivity index (χ0n) is 18.7. The highest BCUT2D eigenvalue weighted by molar-refractivity contribution is 9.10. The number of thiazole rings is 1. The van der Waals surface area contributed by atoms with Crippen LogP contribution in [0.2, 0.25) is 5.02 Å². The number of methoxy groups -OCH3 is 1. The van der Waals surface area contributed by atoms with Gasteiger partial charge in [-0.3, -0.25) is 9.36 Å². The number of carbonyl (C=O) groups is 1. The van der Waals surface area contributed by atoms with E-state index in [0.29, 0.717) is 20.8 Å². The Morgan fingerprint density at radius 3 is 2.53 bits per heavy atom. The number of hydrogen-bond acceptors (Lipinski definition) is 6. The third kappa shape index (κ3) is 5.00. The van der Waals surface area contributed by atoms with Gasteiger partial charge in [-0.1, -0.05) is 41.1 Å². The van der Waals surface area contributed by atoms with E-state index in [2.05, 4.69) is 20.9 Å². The molecule has 0 saturated heterocycles. The van der Waals surface area contributed by atoms with Gasteiger partial charge >= 0.3 is 12.1 Å². The summed E-state index contributed by atoms with van der Waals surface area (Å²) in [6.45, 7) is 1.32. The van der Waals surface area contributed by atoms with Gasteiger partial charge in [0.25, 0.3) is 5.56 Å². The van der Waals surface area contributed by atoms with E-state index in [4.69, 9.17) is 21.1 Å². The summed E-state index contributed by atoms with van der Waals surface area (Å²) in [6.07, 6.45) is -3.43. The number of rotatable bonds is 5. The van der Waals surface area contributed by atoms with Crippen LogP contribution in [0.25, 0.3) is 6.08 Å². The van der Waals surface area contributed by atoms with Gasteiger partial charge in [0.1, 0.15) is 5.75 Å². The SMILES string of the molecule is CCOC(=O)C1=C(C(F)(F)F)N=c2s/c(=C\c3ccc(OC)c(Br)c3)c(=O)n2[C@H]1c1ccc(Cl)cc1. The fourth-order valence-corrected chi connectivity index (χ4v) is 5.41. The Morgan fingerprint density at radius 2 is 1.94 bits per heavy atom. The summed E-state index contributed by atoms with van der Waals surface area (Å²) in [4.78, 5) is 29.9. The molecule has 3 aromatic rings. The number of benzene rings is 2. The van der Waals surface area contributed by atoms with E-state index in [9.17, 15) is 22.8 Å². The second-order valence-electron chi connectivity index (χ2n) is 7.51. The molecule has 0 saturated carbocycles. The summed E-state index contributed by atoms with van der Waals surface area (Å²) >= 11 is 10.1. The van der Waals surface area contributed by atoms with Crippen LogP contribution in [0.1, 0.15) is 24.1 Å². The van der Waals surface area contributed by atoms with Crippen LogP contribution in [0.5, 0.6) is 5.75 Å². The molecule has 1 aromatic heterocycles. The van der Waals surface area contributed by atoms with Gasteiger partial charge in [0, 0.05) is 5.02 Å². The van der Waals surface area contributed by atoms with Gasteiger partial charge in [-0.2, -0.15) is 13.2 Å². The van der Waals surface area contributed by atoms with Gasteiger partial charge in [-0.25, -0.2) is 9.79 Å². The first kappa shape index (κ1) is 26.2. The molecular formula is C24H17BrClF3N2O4S. The van der Waals surface area contributed by atoms with Crippen molar-refractivity contribution in [2.45, 2.75) is 19.1 Å². The predicted octanol–water partition coefficient (Wildman–Crippen LogP) is 4.77. The molecule has 4 rings (SSSR count). The van der Waals surface area contributed by atoms with Crippen LogP contribution in [-0.2, 0) is 9.53 Å². The van der Waals surface area contributed by atoms with Gasteiger partial charge in [0.2, 0.25) is 0 Å². The number of carbonyl (C=O) groups excluding carboxylic acids is 1. The van der Waals surface area contributed by atoms with Crippen molar-refractivity contribution < 1.29 is 27.4 Å². The highest BCUT2D eigenvalue weighted by atomic mass is 79.9. The first-order valence-electron chi connectivity index (χ1n) is 10.4. The summed E-state index contributed by atoms with van der Waals surface area (Å²) in [7, 11) is 1.51. The Balaban J connectivity index is 2.02. The lowest BCUT2D eigenvalue weighted by Gasteiger charge is -2.26. The fraction of sp³-hybridized carbons (Fsp3) is 0.208. The van der Waals surface area contributed by atoms with Crippen molar-refractivity contribution in [3.05, 3.63) is 94.0 Å². The molecule has 2 heterocycles. The Bertz CT molecular complexity index is 1550. The van der Waals surface area contributed by atoms with E-state index in [1.807, 2.05) is 0 Å². The van der Waals surface area contributed by atoms with Crippen molar-refractivity contribution in [3.63, 3.8) is 0 Å². The lowest BCUT2D eigenvalue weighted by molar-refractivity contribution is -0.140. The zero-order chi connectivity index (χ0) is 26.2. The minimum Gasteiger partial charge on any atom is -0.496 e. The molecule has 2 aromatic carbocycles. The van der Waals surface area contributed by atoms with Gasteiger partial charge in [-0.15, -0.1) is 0 Å². The number of aromatic nitrogens is 1. The average Bonchev–Trinajstić information content (AvgIpc) is 3.13. The lowest BCUT2D eigenvalue weighted by Crippen LogP contribution is -2.41. The minimum atomic E-state index is -4.97. The number of halogens is 5. The van der Waals surface area contributed by atoms with Crippen molar-refractivity contribution in [1.82, 2.24) is 4.57 Å². The van der Waals surface area contributed by atoms with E-state index in [-0.39, 0.29) is 21.5 Å². The molecule has 0 amide bonds. The number of alkyl halides is 3. The number of nitrogens with zero attached hydrogens (tertiary/aromatic N) is 2. The van der Waals surface area contributed by atoms with E-state index in [1.165, 1.54) is 44.4 Å². The molecular weight excluding hydrogens is 585 g/mol. The third-order valence-corrected chi connectivity index (χ3v) is 7.11. The van der Waals surface area contributed by atoms with E-state index in [0.717, 1.165) is 15.9 Å². The molecule has 0 spiro atoms. The quantitative estimate of drug-likeness (QED) is 0.396. The number of ether oxygens (including phenoxy) is 2. The Kier molecular flexibility index (Phi) is 7.44. The second kappa shape index (κ2) is 10.2. The molecule has 0 N–H and O–H groups in total. The highest BCUT2D eigenvalue weighted by Gasteiger charge is 2.45. The van der Waals surface area contributed by atoms with Crippen LogP contribution < -0.4 is 19.6 Å². The first-order chi connectivity index (χ1) is 17.0. The standard InChI is InChI=1S/C24H17BrClF3N2O4S/c1-3-35-22(33)18-19(13-5-7-14(26)8-6-13)31-21(32)17(36-23(31)30-20(18)24(27,28)29)11-12-4-9-16(34-2)15(25)10-12/h4-11,19H,3H2,1-2H3/b17-11-/t19-/m0/s1. The minimum absolute atomic E-state index is 0.136. The summed E-state index contributed by atoms with van der Waals surface area (Å²) in [5.41, 5.74) is -1.91. The smallest absolute Gasteiger partial charge is 0.434 e. The van der Waals surface area contributed by atoms with Gasteiger partial charge in [-0.05, 0) is 64.3 Å². The Morgan fingerprint density at radius 1 is 1.25 bits per heavy atom. The maximum atomic E-state index is 14.1. The third-order valence-electron chi connectivity index (χ3n) is 5.25. The highest BCUT2D eigenvalue weighted by Crippen LogP contribution is 2.38. The van der Waals surface area contributed by atoms with Crippen LogP contribution in [0.3, 0.4) is 0 Å². The lowest BCUT2D eigenvalue weighted by atomic mass is 9.95. The summed E-state index contributed by atoms with van der Waals surface area (Å²) < 4.78 is 54.4. The van der Waals surface area contributed by atoms with Gasteiger partial charge in [0.15, 0.2) is 10.5 Å². The predicted molar refractivity (Wildman–Crippen MR) is 133 cm³/mol. The molecule has 188 valence electrons. The maximum Gasteiger partial charge on any atom is 0.434 e. The van der Waals surface area contributed by atoms with Crippen LogP contribution >= 0.6 is 38.9 Å². The topological polar surface area (TPSA) is 69.9 Å². The fourth-order valence-electron chi connectivity index (χ4n) is 3.72. The largest absolute Gasteiger partial charge is 0.496 e. The van der Waals surface area contributed by atoms with E-state index in [1.54, 1.807) is 18.2 Å². The molecule has 12 heteroatoms. The van der Waals surface area contributed by atoms with Crippen molar-refractivity contribution in [1.29, 1.82) is 0 Å². The molecule has 6 nitrogen and oxygen atoms in total. The van der Waals surface area contributed by atoms with Crippen LogP contribution in [-0.4, -0.2) is 30.4 Å². The normalized spacial score (nSPS) is 16.0. The number of allylic oxidation sites excluding steroid dienone is 1. The van der Waals surface area contributed by atoms with Crippen molar-refractivity contribution in [2.24, 2.45) is 4.99 Å². The van der Waals surface area contributed by atoms with Gasteiger partial charge in [0.05, 0.1) is 34.3 Å². The molecule has 0 unspecified atom stereocenters. The summed E-state index contributed by atoms with van der Waals surface area (Å²) in [5, 5.41) is 0.342. The zero-order valence-corrected chi connectivity index (χ0v) is 21.9. The number of fused-ring (bicyclic) bond motifs is 1. The van der Waals surface area contributed by atoms with Crippen molar-refractivity contribution in [2.75, 3.05) is 13.7 Å². The molecule has 0 aliphatic carbocycles. The molecule has 36 heavy (non-hydrogen) atoms. The molecule has 1 atom stereocenters. The summed E-state index contributed by atoms with van der Waals surface area (Å²) in [5.74, 6) is -0.632. The van der Waals surface area contributed by atoms with E-state index < -0.39 is 35.0 Å². The summed E-state index contributed by atoms with van der Waals surface area (Å²) in [6, 6.07) is 9.54. The Labute approximate surface area is 220 Å². The molecule has 0 radical (unpaired) electrons. The van der Waals surface area contributed by atoms with Gasteiger partial charge < -0.3 is 9.47 Å². The average molecular weight is 602 g/mol. The molecule has 1 aliphatic rings. The molecule has 1 aliphatic heterocycles.